The van der Waals surface area contributed by atoms with E-state index >= 15 is 0 Å². The van der Waals surface area contributed by atoms with Crippen molar-refractivity contribution in [3.63, 3.8) is 0 Å². The molecule has 4 aromatic rings. The minimum Gasteiger partial charge on any atom is -0.342 e. The van der Waals surface area contributed by atoms with E-state index in [0.29, 0.717) is 21.7 Å². The highest BCUT2D eigenvalue weighted by Crippen LogP contribution is 2.35. The van der Waals surface area contributed by atoms with Crippen molar-refractivity contribution in [1.82, 2.24) is 9.47 Å². The molecule has 0 spiro atoms. The van der Waals surface area contributed by atoms with E-state index in [0.717, 1.165) is 27.6 Å². The number of amides is 2. The van der Waals surface area contributed by atoms with Crippen LogP contribution in [0.15, 0.2) is 77.8 Å². The Labute approximate surface area is 213 Å². The van der Waals surface area contributed by atoms with Crippen molar-refractivity contribution < 1.29 is 18.9 Å². The summed E-state index contributed by atoms with van der Waals surface area (Å²) in [6, 6.07) is 17.8. The Morgan fingerprint density at radius 2 is 1.75 bits per heavy atom. The maximum absolute atomic E-state index is 14.4. The maximum atomic E-state index is 14.4. The van der Waals surface area contributed by atoms with E-state index in [1.54, 1.807) is 24.4 Å². The molecule has 7 nitrogen and oxygen atoms in total. The van der Waals surface area contributed by atoms with E-state index in [2.05, 4.69) is 0 Å². The summed E-state index contributed by atoms with van der Waals surface area (Å²) in [5.74, 6) is -0.855. The highest BCUT2D eigenvalue weighted by atomic mass is 35.5. The maximum Gasteiger partial charge on any atom is 0.293 e. The molecule has 36 heavy (non-hydrogen) atoms. The lowest BCUT2D eigenvalue weighted by atomic mass is 10.1. The molecule has 1 fully saturated rings. The van der Waals surface area contributed by atoms with Crippen molar-refractivity contribution in [2.45, 2.75) is 13.1 Å². The molecule has 1 saturated heterocycles. The van der Waals surface area contributed by atoms with Crippen molar-refractivity contribution >= 4 is 57.2 Å². The van der Waals surface area contributed by atoms with Gasteiger partial charge < -0.3 is 4.57 Å². The topological polar surface area (TPSA) is 85.5 Å². The predicted octanol–water partition coefficient (Wildman–Crippen LogP) is 6.63. The molecule has 0 saturated carbocycles. The number of fused-ring (bicyclic) bond motifs is 1. The van der Waals surface area contributed by atoms with Gasteiger partial charge in [-0.15, -0.1) is 0 Å². The molecule has 0 unspecified atom stereocenters. The van der Waals surface area contributed by atoms with Crippen molar-refractivity contribution in [2.75, 3.05) is 0 Å². The molecule has 0 bridgehead atoms. The normalized spacial score (nSPS) is 14.8. The number of rotatable bonds is 6. The zero-order valence-electron chi connectivity index (χ0n) is 18.6. The molecule has 1 aliphatic rings. The first-order chi connectivity index (χ1) is 17.3. The number of imide groups is 1. The van der Waals surface area contributed by atoms with Gasteiger partial charge in [-0.25, -0.2) is 4.39 Å². The summed E-state index contributed by atoms with van der Waals surface area (Å²) < 4.78 is 16.3. The van der Waals surface area contributed by atoms with Crippen LogP contribution < -0.4 is 0 Å². The zero-order valence-corrected chi connectivity index (χ0v) is 20.1. The molecule has 2 heterocycles. The predicted molar refractivity (Wildman–Crippen MR) is 137 cm³/mol. The molecule has 3 aromatic carbocycles. The number of para-hydroxylation sites is 1. The first-order valence-corrected chi connectivity index (χ1v) is 12.0. The third-order valence-corrected chi connectivity index (χ3v) is 7.12. The van der Waals surface area contributed by atoms with E-state index in [4.69, 9.17) is 11.6 Å². The molecule has 0 aliphatic carbocycles. The summed E-state index contributed by atoms with van der Waals surface area (Å²) in [7, 11) is 0. The van der Waals surface area contributed by atoms with Gasteiger partial charge in [-0.2, -0.15) is 0 Å². The van der Waals surface area contributed by atoms with Gasteiger partial charge in [-0.3, -0.25) is 24.6 Å². The van der Waals surface area contributed by atoms with E-state index in [9.17, 15) is 24.1 Å². The highest BCUT2D eigenvalue weighted by Gasteiger charge is 2.35. The second kappa shape index (κ2) is 9.60. The SMILES string of the molecule is O=C1S/C(=C\c2cn(Cc3c(F)cccc3Cl)c3ccccc23)C(=O)N1Cc1ccc([N+](=O)[O-])cc1. The van der Waals surface area contributed by atoms with Gasteiger partial charge in [0.05, 0.1) is 22.9 Å². The molecular formula is C26H17ClFN3O4S. The zero-order chi connectivity index (χ0) is 25.4. The van der Waals surface area contributed by atoms with Crippen molar-refractivity contribution in [3.05, 3.63) is 115 Å². The summed E-state index contributed by atoms with van der Waals surface area (Å²) in [5.41, 5.74) is 2.42. The summed E-state index contributed by atoms with van der Waals surface area (Å²) in [6.07, 6.45) is 3.46. The van der Waals surface area contributed by atoms with Gasteiger partial charge in [0.2, 0.25) is 0 Å². The molecule has 0 atom stereocenters. The van der Waals surface area contributed by atoms with Gasteiger partial charge in [0.15, 0.2) is 0 Å². The van der Waals surface area contributed by atoms with Gasteiger partial charge in [-0.1, -0.05) is 48.0 Å². The lowest BCUT2D eigenvalue weighted by Crippen LogP contribution is -2.27. The molecule has 0 radical (unpaired) electrons. The molecule has 5 rings (SSSR count). The number of benzene rings is 3. The number of aromatic nitrogens is 1. The number of non-ortho nitro benzene ring substituents is 1. The van der Waals surface area contributed by atoms with Crippen molar-refractivity contribution in [1.29, 1.82) is 0 Å². The first-order valence-electron chi connectivity index (χ1n) is 10.8. The van der Waals surface area contributed by atoms with Crippen LogP contribution >= 0.6 is 23.4 Å². The summed E-state index contributed by atoms with van der Waals surface area (Å²) in [5, 5.41) is 11.6. The smallest absolute Gasteiger partial charge is 0.293 e. The van der Waals surface area contributed by atoms with E-state index in [-0.39, 0.29) is 23.7 Å². The Kier molecular flexibility index (Phi) is 6.34. The van der Waals surface area contributed by atoms with Gasteiger partial charge in [0, 0.05) is 45.4 Å². The summed E-state index contributed by atoms with van der Waals surface area (Å²) >= 11 is 7.06. The van der Waals surface area contributed by atoms with Crippen LogP contribution in [0.3, 0.4) is 0 Å². The van der Waals surface area contributed by atoms with E-state index in [1.165, 1.54) is 30.3 Å². The number of carbonyl (C=O) groups is 2. The number of nitro groups is 1. The van der Waals surface area contributed by atoms with Gasteiger partial charge >= 0.3 is 0 Å². The Balaban J connectivity index is 1.44. The number of carbonyl (C=O) groups excluding carboxylic acids is 2. The van der Waals surface area contributed by atoms with Crippen LogP contribution in [0.1, 0.15) is 16.7 Å². The van der Waals surface area contributed by atoms with Crippen LogP contribution in [0.25, 0.3) is 17.0 Å². The molecule has 0 N–H and O–H groups in total. The first kappa shape index (κ1) is 23.8. The number of thioether (sulfide) groups is 1. The third kappa shape index (κ3) is 4.50. The molecule has 2 amide bonds. The van der Waals surface area contributed by atoms with Crippen molar-refractivity contribution in [2.24, 2.45) is 0 Å². The highest BCUT2D eigenvalue weighted by molar-refractivity contribution is 8.18. The largest absolute Gasteiger partial charge is 0.342 e. The summed E-state index contributed by atoms with van der Waals surface area (Å²) in [4.78, 5) is 37.4. The minimum absolute atomic E-state index is 0.00748. The monoisotopic (exact) mass is 521 g/mol. The second-order valence-corrected chi connectivity index (χ2v) is 9.52. The average Bonchev–Trinajstić information content (AvgIpc) is 3.34. The van der Waals surface area contributed by atoms with Crippen LogP contribution in [-0.4, -0.2) is 25.5 Å². The Morgan fingerprint density at radius 3 is 2.47 bits per heavy atom. The van der Waals surface area contributed by atoms with E-state index in [1.807, 2.05) is 28.8 Å². The standard InChI is InChI=1S/C26H17ClFN3O4S/c27-21-5-3-6-22(28)20(21)15-29-14-17(19-4-1-2-7-23(19)29)12-24-25(32)30(26(33)36-24)13-16-8-10-18(11-9-16)31(34)35/h1-12,14H,13,15H2/b24-12-. The number of halogens is 2. The fraction of sp³-hybridized carbons (Fsp3) is 0.0769. The third-order valence-electron chi connectivity index (χ3n) is 5.86. The lowest BCUT2D eigenvalue weighted by Gasteiger charge is -2.12. The fourth-order valence-electron chi connectivity index (χ4n) is 4.06. The second-order valence-electron chi connectivity index (χ2n) is 8.12. The quantitative estimate of drug-likeness (QED) is 0.161. The fourth-order valence-corrected chi connectivity index (χ4v) is 5.11. The Hall–Kier alpha value is -3.95. The lowest BCUT2D eigenvalue weighted by molar-refractivity contribution is -0.384. The van der Waals surface area contributed by atoms with Crippen LogP contribution in [-0.2, 0) is 17.9 Å². The van der Waals surface area contributed by atoms with E-state index < -0.39 is 21.9 Å². The molecule has 1 aromatic heterocycles. The molecule has 180 valence electrons. The Morgan fingerprint density at radius 1 is 1.00 bits per heavy atom. The van der Waals surface area contributed by atoms with Crippen LogP contribution in [0.4, 0.5) is 14.9 Å². The van der Waals surface area contributed by atoms with Crippen LogP contribution in [0.5, 0.6) is 0 Å². The molecular weight excluding hydrogens is 505 g/mol. The van der Waals surface area contributed by atoms with Gasteiger partial charge in [0.1, 0.15) is 5.82 Å². The van der Waals surface area contributed by atoms with Gasteiger partial charge in [0.25, 0.3) is 16.8 Å². The average molecular weight is 522 g/mol. The number of nitrogens with zero attached hydrogens (tertiary/aromatic N) is 3. The van der Waals surface area contributed by atoms with Crippen molar-refractivity contribution in [3.8, 4) is 0 Å². The molecule has 1 aliphatic heterocycles. The number of nitro benzene ring substituents is 1. The van der Waals surface area contributed by atoms with Crippen LogP contribution in [0, 0.1) is 15.9 Å². The Bertz CT molecular complexity index is 1550. The summed E-state index contributed by atoms with van der Waals surface area (Å²) in [6.45, 7) is 0.203. The van der Waals surface area contributed by atoms with Gasteiger partial charge in [-0.05, 0) is 41.6 Å². The van der Waals surface area contributed by atoms with Crippen LogP contribution in [0.2, 0.25) is 5.02 Å². The molecule has 10 heteroatoms. The minimum atomic E-state index is -0.511. The number of hydrogen-bond acceptors (Lipinski definition) is 5. The number of hydrogen-bond donors (Lipinski definition) is 0.